The summed E-state index contributed by atoms with van der Waals surface area (Å²) in [6.45, 7) is 4.21. The Morgan fingerprint density at radius 3 is 2.19 bits per heavy atom. The van der Waals surface area contributed by atoms with Gasteiger partial charge < -0.3 is 4.74 Å². The molecule has 0 saturated heterocycles. The molecule has 3 aromatic carbocycles. The summed E-state index contributed by atoms with van der Waals surface area (Å²) in [6, 6.07) is 21.9. The maximum atomic E-state index is 13.6. The highest BCUT2D eigenvalue weighted by atomic mass is 32.2. The van der Waals surface area contributed by atoms with Crippen molar-refractivity contribution < 1.29 is 17.5 Å². The fraction of sp³-hybridized carbons (Fsp3) is 0.0800. The molecular formula is C25H21FN2O3S. The number of para-hydroxylation sites is 1. The van der Waals surface area contributed by atoms with Crippen LogP contribution in [0.4, 0.5) is 4.39 Å². The molecule has 0 aliphatic heterocycles. The van der Waals surface area contributed by atoms with Crippen molar-refractivity contribution >= 4 is 9.84 Å². The summed E-state index contributed by atoms with van der Waals surface area (Å²) in [7, 11) is -3.33. The van der Waals surface area contributed by atoms with Crippen LogP contribution in [0.1, 0.15) is 0 Å². The van der Waals surface area contributed by atoms with E-state index in [1.807, 2.05) is 30.3 Å². The first-order valence-corrected chi connectivity index (χ1v) is 11.8. The lowest BCUT2D eigenvalue weighted by Crippen LogP contribution is -2.01. The van der Waals surface area contributed by atoms with E-state index in [-0.39, 0.29) is 10.7 Å². The molecule has 0 aliphatic rings. The lowest BCUT2D eigenvalue weighted by Gasteiger charge is -2.10. The molecule has 162 valence electrons. The number of allylic oxidation sites excluding steroid dienone is 1. The van der Waals surface area contributed by atoms with Gasteiger partial charge in [0.2, 0.25) is 5.88 Å². The van der Waals surface area contributed by atoms with Crippen LogP contribution in [0.25, 0.3) is 22.4 Å². The van der Waals surface area contributed by atoms with E-state index in [9.17, 15) is 12.8 Å². The smallest absolute Gasteiger partial charge is 0.246 e. The Bertz CT molecular complexity index is 1350. The van der Waals surface area contributed by atoms with Crippen LogP contribution in [0, 0.1) is 5.82 Å². The minimum atomic E-state index is -3.33. The highest BCUT2D eigenvalue weighted by Crippen LogP contribution is 2.41. The molecule has 0 radical (unpaired) electrons. The highest BCUT2D eigenvalue weighted by molar-refractivity contribution is 7.90. The first kappa shape index (κ1) is 21.5. The van der Waals surface area contributed by atoms with Crippen molar-refractivity contribution in [3.05, 3.63) is 97.3 Å². The first-order chi connectivity index (χ1) is 15.4. The highest BCUT2D eigenvalue weighted by Gasteiger charge is 2.23. The fourth-order valence-electron chi connectivity index (χ4n) is 3.40. The van der Waals surface area contributed by atoms with E-state index in [2.05, 4.69) is 11.7 Å². The van der Waals surface area contributed by atoms with Crippen molar-refractivity contribution in [3.63, 3.8) is 0 Å². The number of benzene rings is 3. The van der Waals surface area contributed by atoms with Gasteiger partial charge in [-0.3, -0.25) is 4.68 Å². The number of aromatic nitrogens is 2. The number of ether oxygens (including phenoxy) is 1. The molecule has 0 saturated carbocycles. The number of hydrogen-bond acceptors (Lipinski definition) is 4. The van der Waals surface area contributed by atoms with Crippen molar-refractivity contribution in [2.75, 3.05) is 6.26 Å². The predicted molar refractivity (Wildman–Crippen MR) is 123 cm³/mol. The lowest BCUT2D eigenvalue weighted by atomic mass is 10.0. The van der Waals surface area contributed by atoms with Crippen LogP contribution in [-0.4, -0.2) is 24.5 Å². The van der Waals surface area contributed by atoms with E-state index in [0.717, 1.165) is 11.1 Å². The van der Waals surface area contributed by atoms with Crippen LogP contribution >= 0.6 is 0 Å². The second-order valence-corrected chi connectivity index (χ2v) is 9.23. The van der Waals surface area contributed by atoms with Gasteiger partial charge in [0.1, 0.15) is 11.6 Å². The largest absolute Gasteiger partial charge is 0.437 e. The summed E-state index contributed by atoms with van der Waals surface area (Å²) in [5, 5.41) is 4.65. The Morgan fingerprint density at radius 2 is 1.59 bits per heavy atom. The van der Waals surface area contributed by atoms with Crippen LogP contribution in [0.2, 0.25) is 0 Å². The number of halogens is 1. The van der Waals surface area contributed by atoms with Crippen molar-refractivity contribution in [2.45, 2.75) is 11.4 Å². The average Bonchev–Trinajstić information content (AvgIpc) is 3.12. The lowest BCUT2D eigenvalue weighted by molar-refractivity contribution is 0.453. The summed E-state index contributed by atoms with van der Waals surface area (Å²) in [4.78, 5) is 0.222. The van der Waals surface area contributed by atoms with E-state index < -0.39 is 9.84 Å². The molecule has 0 N–H and O–H groups in total. The topological polar surface area (TPSA) is 61.2 Å². The Labute approximate surface area is 186 Å². The van der Waals surface area contributed by atoms with Gasteiger partial charge >= 0.3 is 0 Å². The summed E-state index contributed by atoms with van der Waals surface area (Å²) >= 11 is 0. The van der Waals surface area contributed by atoms with E-state index >= 15 is 0 Å². The van der Waals surface area contributed by atoms with Crippen LogP contribution in [-0.2, 0) is 16.4 Å². The molecule has 0 unspecified atom stereocenters. The Hall–Kier alpha value is -3.71. The summed E-state index contributed by atoms with van der Waals surface area (Å²) in [6.07, 6.45) is 2.88. The van der Waals surface area contributed by atoms with Crippen LogP contribution in [0.5, 0.6) is 11.6 Å². The Kier molecular flexibility index (Phi) is 5.92. The number of hydrogen-bond donors (Lipinski definition) is 0. The van der Waals surface area contributed by atoms with Gasteiger partial charge in [-0.2, -0.15) is 0 Å². The monoisotopic (exact) mass is 448 g/mol. The van der Waals surface area contributed by atoms with Gasteiger partial charge in [-0.15, -0.1) is 11.7 Å². The molecule has 1 heterocycles. The van der Waals surface area contributed by atoms with E-state index in [1.165, 1.54) is 18.4 Å². The maximum absolute atomic E-state index is 13.6. The van der Waals surface area contributed by atoms with E-state index in [0.29, 0.717) is 29.4 Å². The summed E-state index contributed by atoms with van der Waals surface area (Å²) in [5.74, 6) is 0.613. The zero-order valence-electron chi connectivity index (χ0n) is 17.4. The molecule has 4 rings (SSSR count). The van der Waals surface area contributed by atoms with Gasteiger partial charge in [0.15, 0.2) is 9.84 Å². The van der Waals surface area contributed by atoms with E-state index in [4.69, 9.17) is 4.74 Å². The molecule has 32 heavy (non-hydrogen) atoms. The zero-order chi connectivity index (χ0) is 22.7. The van der Waals surface area contributed by atoms with Crippen LogP contribution in [0.3, 0.4) is 0 Å². The van der Waals surface area contributed by atoms with Gasteiger partial charge in [0.25, 0.3) is 0 Å². The van der Waals surface area contributed by atoms with Crippen molar-refractivity contribution in [1.82, 2.24) is 9.78 Å². The van der Waals surface area contributed by atoms with Crippen molar-refractivity contribution in [1.29, 1.82) is 0 Å². The molecule has 0 aliphatic carbocycles. The predicted octanol–water partition coefficient (Wildman–Crippen LogP) is 5.74. The molecule has 7 heteroatoms. The average molecular weight is 449 g/mol. The maximum Gasteiger partial charge on any atom is 0.246 e. The summed E-state index contributed by atoms with van der Waals surface area (Å²) < 4.78 is 45.3. The first-order valence-electron chi connectivity index (χ1n) is 9.88. The van der Waals surface area contributed by atoms with Gasteiger partial charge in [-0.1, -0.05) is 48.5 Å². The second-order valence-electron chi connectivity index (χ2n) is 7.22. The third-order valence-corrected chi connectivity index (χ3v) is 6.00. The molecule has 0 fully saturated rings. The van der Waals surface area contributed by atoms with Gasteiger partial charge in [0, 0.05) is 11.8 Å². The molecule has 5 nitrogen and oxygen atoms in total. The molecule has 0 atom stereocenters. The Morgan fingerprint density at radius 1 is 0.969 bits per heavy atom. The van der Waals surface area contributed by atoms with Crippen LogP contribution in [0.15, 0.2) is 96.4 Å². The standard InChI is InChI=1S/C25H21FN2O3S/c1-3-17-28-24(19-11-15-22(16-12-19)32(2,29)30)23(18-9-13-20(26)14-10-18)25(27-28)31-21-7-5-4-6-8-21/h3-16H,1,17H2,2H3. The van der Waals surface area contributed by atoms with Crippen molar-refractivity contribution in [2.24, 2.45) is 0 Å². The van der Waals surface area contributed by atoms with Crippen molar-refractivity contribution in [3.8, 4) is 34.0 Å². The quantitative estimate of drug-likeness (QED) is 0.338. The SMILES string of the molecule is C=CCn1nc(Oc2ccccc2)c(-c2ccc(F)cc2)c1-c1ccc(S(C)(=O)=O)cc1. The molecular weight excluding hydrogens is 427 g/mol. The normalized spacial score (nSPS) is 11.3. The third kappa shape index (κ3) is 4.48. The molecule has 4 aromatic rings. The summed E-state index contributed by atoms with van der Waals surface area (Å²) in [5.41, 5.74) is 2.84. The second kappa shape index (κ2) is 8.80. The van der Waals surface area contributed by atoms with Gasteiger partial charge in [0.05, 0.1) is 22.7 Å². The van der Waals surface area contributed by atoms with Crippen LogP contribution < -0.4 is 4.74 Å². The zero-order valence-corrected chi connectivity index (χ0v) is 18.2. The molecule has 1 aromatic heterocycles. The Balaban J connectivity index is 1.94. The fourth-order valence-corrected chi connectivity index (χ4v) is 4.03. The number of sulfone groups is 1. The molecule has 0 amide bonds. The minimum Gasteiger partial charge on any atom is -0.437 e. The van der Waals surface area contributed by atoms with E-state index in [1.54, 1.807) is 47.2 Å². The third-order valence-electron chi connectivity index (χ3n) is 4.87. The molecule has 0 bridgehead atoms. The molecule has 0 spiro atoms. The number of rotatable bonds is 7. The van der Waals surface area contributed by atoms with Gasteiger partial charge in [-0.05, 0) is 42.0 Å². The van der Waals surface area contributed by atoms with Gasteiger partial charge in [-0.25, -0.2) is 12.8 Å². The minimum absolute atomic E-state index is 0.222. The number of nitrogens with zero attached hydrogens (tertiary/aromatic N) is 2.